The fraction of sp³-hybridized carbons (Fsp3) is 0.654. The minimum absolute atomic E-state index is 0.0344. The second kappa shape index (κ2) is 11.2. The van der Waals surface area contributed by atoms with E-state index in [0.717, 1.165) is 31.2 Å². The molecule has 0 saturated carbocycles. The monoisotopic (exact) mass is 565 g/mol. The first kappa shape index (κ1) is 26.5. The Labute approximate surface area is 220 Å². The molecule has 192 valence electrons. The number of carbonyl (C=O) groups excluding carboxylic acids is 3. The molecular formula is C26H36BrN3O4S. The lowest BCUT2D eigenvalue weighted by Crippen LogP contribution is -2.55. The molecule has 35 heavy (non-hydrogen) atoms. The number of alkyl halides is 1. The van der Waals surface area contributed by atoms with Crippen molar-refractivity contribution in [2.24, 2.45) is 11.8 Å². The van der Waals surface area contributed by atoms with Gasteiger partial charge in [-0.15, -0.1) is 11.8 Å². The van der Waals surface area contributed by atoms with Crippen LogP contribution in [0.15, 0.2) is 30.3 Å². The van der Waals surface area contributed by atoms with Gasteiger partial charge in [0.2, 0.25) is 17.7 Å². The van der Waals surface area contributed by atoms with Gasteiger partial charge in [-0.2, -0.15) is 0 Å². The molecular weight excluding hydrogens is 530 g/mol. The third-order valence-electron chi connectivity index (χ3n) is 7.39. The number of thioether (sulfide) groups is 1. The summed E-state index contributed by atoms with van der Waals surface area (Å²) in [4.78, 5) is 42.7. The summed E-state index contributed by atoms with van der Waals surface area (Å²) in [5, 5.41) is 15.1. The van der Waals surface area contributed by atoms with Crippen LogP contribution in [0.1, 0.15) is 51.5 Å². The Balaban J connectivity index is 1.57. The van der Waals surface area contributed by atoms with Crippen LogP contribution in [0.4, 0.5) is 0 Å². The molecule has 3 N–H and O–H groups in total. The number of rotatable bonds is 11. The quantitative estimate of drug-likeness (QED) is 0.283. The van der Waals surface area contributed by atoms with E-state index in [4.69, 9.17) is 5.11 Å². The topological polar surface area (TPSA) is 98.7 Å². The second-order valence-corrected chi connectivity index (χ2v) is 12.9. The fourth-order valence-corrected chi connectivity index (χ4v) is 9.60. The molecule has 3 fully saturated rings. The number of hydrogen-bond acceptors (Lipinski definition) is 5. The molecule has 4 rings (SSSR count). The van der Waals surface area contributed by atoms with Crippen molar-refractivity contribution in [3.63, 3.8) is 0 Å². The van der Waals surface area contributed by atoms with E-state index < -0.39 is 22.6 Å². The summed E-state index contributed by atoms with van der Waals surface area (Å²) < 4.78 is -0.602. The number of nitrogens with zero attached hydrogens (tertiary/aromatic N) is 1. The molecule has 3 aliphatic heterocycles. The van der Waals surface area contributed by atoms with E-state index in [1.165, 1.54) is 0 Å². The van der Waals surface area contributed by atoms with E-state index in [1.54, 1.807) is 16.7 Å². The molecule has 3 heterocycles. The van der Waals surface area contributed by atoms with Crippen molar-refractivity contribution in [2.75, 3.05) is 13.2 Å². The maximum Gasteiger partial charge on any atom is 0.244 e. The Hall–Kier alpha value is -1.58. The van der Waals surface area contributed by atoms with Gasteiger partial charge in [0, 0.05) is 35.8 Å². The number of aliphatic hydroxyl groups excluding tert-OH is 1. The molecule has 1 aromatic rings. The molecule has 1 aromatic carbocycles. The van der Waals surface area contributed by atoms with E-state index >= 15 is 0 Å². The lowest BCUT2D eigenvalue weighted by atomic mass is 9.70. The Bertz CT molecular complexity index is 932. The average molecular weight is 567 g/mol. The maximum absolute atomic E-state index is 13.9. The van der Waals surface area contributed by atoms with Crippen molar-refractivity contribution in [2.45, 2.75) is 79.4 Å². The van der Waals surface area contributed by atoms with Crippen molar-refractivity contribution in [3.05, 3.63) is 35.9 Å². The Kier molecular flexibility index (Phi) is 8.49. The molecule has 9 heteroatoms. The number of likely N-dealkylation sites (tertiary alicyclic amines) is 1. The van der Waals surface area contributed by atoms with Gasteiger partial charge in [0.15, 0.2) is 0 Å². The van der Waals surface area contributed by atoms with Crippen LogP contribution in [-0.2, 0) is 20.9 Å². The highest BCUT2D eigenvalue weighted by Gasteiger charge is 2.75. The summed E-state index contributed by atoms with van der Waals surface area (Å²) in [6, 6.07) is 9.14. The van der Waals surface area contributed by atoms with Gasteiger partial charge < -0.3 is 20.6 Å². The van der Waals surface area contributed by atoms with Gasteiger partial charge in [-0.25, -0.2) is 0 Å². The van der Waals surface area contributed by atoms with E-state index in [1.807, 2.05) is 44.2 Å². The lowest BCUT2D eigenvalue weighted by Gasteiger charge is -2.35. The number of halogens is 1. The number of hydrogen-bond donors (Lipinski definition) is 3. The normalized spacial score (nSPS) is 31.2. The van der Waals surface area contributed by atoms with Crippen LogP contribution in [0, 0.1) is 11.8 Å². The van der Waals surface area contributed by atoms with E-state index in [0.29, 0.717) is 19.5 Å². The predicted molar refractivity (Wildman–Crippen MR) is 141 cm³/mol. The summed E-state index contributed by atoms with van der Waals surface area (Å²) in [6.07, 6.45) is 3.98. The first-order valence-electron chi connectivity index (χ1n) is 12.7. The number of carbonyl (C=O) groups is 3. The van der Waals surface area contributed by atoms with Crippen molar-refractivity contribution < 1.29 is 19.5 Å². The van der Waals surface area contributed by atoms with Crippen molar-refractivity contribution in [3.8, 4) is 0 Å². The van der Waals surface area contributed by atoms with Crippen LogP contribution in [0.5, 0.6) is 0 Å². The number of aliphatic hydroxyl groups is 1. The number of benzene rings is 1. The Morgan fingerprint density at radius 2 is 1.89 bits per heavy atom. The van der Waals surface area contributed by atoms with Gasteiger partial charge in [0.25, 0.3) is 0 Å². The number of unbranched alkanes of at least 4 members (excludes halogenated alkanes) is 3. The standard InChI is InChI=1S/C26H36BrN3O4S/c1-16(2)29-24(33)22-26-14-18(27)21(35-26)19(23(32)28-15-17-10-6-5-7-11-17)20(26)25(34)30(22)12-8-3-4-9-13-31/h5-7,10-11,16,18-22,31H,3-4,8-9,12-15H2,1-2H3,(H,28,32)(H,29,33)/t18?,19-,20+,21-,22?,26?/m1/s1. The number of fused-ring (bicyclic) bond motifs is 1. The van der Waals surface area contributed by atoms with Crippen LogP contribution in [0.2, 0.25) is 0 Å². The summed E-state index contributed by atoms with van der Waals surface area (Å²) in [5.74, 6) is -1.26. The molecule has 3 unspecified atom stereocenters. The van der Waals surface area contributed by atoms with Crippen LogP contribution >= 0.6 is 27.7 Å². The largest absolute Gasteiger partial charge is 0.396 e. The highest BCUT2D eigenvalue weighted by atomic mass is 79.9. The van der Waals surface area contributed by atoms with Crippen molar-refractivity contribution in [1.29, 1.82) is 0 Å². The molecule has 0 aliphatic carbocycles. The third-order valence-corrected chi connectivity index (χ3v) is 10.6. The van der Waals surface area contributed by atoms with Crippen LogP contribution in [0.25, 0.3) is 0 Å². The molecule has 2 bridgehead atoms. The second-order valence-electron chi connectivity index (χ2n) is 10.2. The van der Waals surface area contributed by atoms with E-state index in [9.17, 15) is 14.4 Å². The van der Waals surface area contributed by atoms with Gasteiger partial charge in [0.1, 0.15) is 6.04 Å². The van der Waals surface area contributed by atoms with E-state index in [-0.39, 0.29) is 40.4 Å². The Morgan fingerprint density at radius 1 is 1.17 bits per heavy atom. The molecule has 6 atom stereocenters. The fourth-order valence-electron chi connectivity index (χ4n) is 5.98. The van der Waals surface area contributed by atoms with Crippen molar-refractivity contribution >= 4 is 45.4 Å². The smallest absolute Gasteiger partial charge is 0.244 e. The van der Waals surface area contributed by atoms with Crippen molar-refractivity contribution in [1.82, 2.24) is 15.5 Å². The summed E-state index contributed by atoms with van der Waals surface area (Å²) >= 11 is 5.46. The number of nitrogens with one attached hydrogen (secondary N) is 2. The lowest BCUT2D eigenvalue weighted by molar-refractivity contribution is -0.140. The first-order chi connectivity index (χ1) is 16.8. The minimum atomic E-state index is -0.602. The molecule has 1 spiro atoms. The van der Waals surface area contributed by atoms with Crippen LogP contribution in [-0.4, -0.2) is 67.8 Å². The molecule has 0 aromatic heterocycles. The van der Waals surface area contributed by atoms with Gasteiger partial charge in [0.05, 0.1) is 16.6 Å². The minimum Gasteiger partial charge on any atom is -0.396 e. The maximum atomic E-state index is 13.9. The molecule has 7 nitrogen and oxygen atoms in total. The number of amides is 3. The van der Waals surface area contributed by atoms with Gasteiger partial charge in [-0.1, -0.05) is 59.1 Å². The molecule has 3 saturated heterocycles. The highest BCUT2D eigenvalue weighted by Crippen LogP contribution is 2.67. The van der Waals surface area contributed by atoms with Crippen LogP contribution < -0.4 is 10.6 Å². The zero-order chi connectivity index (χ0) is 25.2. The van der Waals surface area contributed by atoms with E-state index in [2.05, 4.69) is 26.6 Å². The highest BCUT2D eigenvalue weighted by molar-refractivity contribution is 9.09. The summed E-state index contributed by atoms with van der Waals surface area (Å²) in [6.45, 7) is 4.93. The summed E-state index contributed by atoms with van der Waals surface area (Å²) in [7, 11) is 0. The summed E-state index contributed by atoms with van der Waals surface area (Å²) in [5.41, 5.74) is 1.01. The van der Waals surface area contributed by atoms with Gasteiger partial charge in [-0.05, 0) is 38.7 Å². The Morgan fingerprint density at radius 3 is 2.57 bits per heavy atom. The molecule has 3 amide bonds. The third kappa shape index (κ3) is 5.14. The predicted octanol–water partition coefficient (Wildman–Crippen LogP) is 2.84. The average Bonchev–Trinajstić information content (AvgIpc) is 3.41. The van der Waals surface area contributed by atoms with Crippen LogP contribution in [0.3, 0.4) is 0 Å². The zero-order valence-corrected chi connectivity index (χ0v) is 22.8. The molecule has 0 radical (unpaired) electrons. The first-order valence-corrected chi connectivity index (χ1v) is 14.4. The molecule has 3 aliphatic rings. The zero-order valence-electron chi connectivity index (χ0n) is 20.4. The van der Waals surface area contributed by atoms with Gasteiger partial charge >= 0.3 is 0 Å². The SMILES string of the molecule is CC(C)NC(=O)C1N(CCCCCCO)C(=O)[C@@H]2[C@@H](C(=O)NCc3ccccc3)[C@@H]3SC12CC3Br. The van der Waals surface area contributed by atoms with Gasteiger partial charge in [-0.3, -0.25) is 14.4 Å².